The lowest BCUT2D eigenvalue weighted by Crippen LogP contribution is -2.43. The van der Waals surface area contributed by atoms with Crippen molar-refractivity contribution in [3.8, 4) is 0 Å². The monoisotopic (exact) mass is 260 g/mol. The van der Waals surface area contributed by atoms with Crippen molar-refractivity contribution in [2.24, 2.45) is 0 Å². The fourth-order valence-electron chi connectivity index (χ4n) is 2.72. The van der Waals surface area contributed by atoms with Crippen LogP contribution in [-0.2, 0) is 4.79 Å². The van der Waals surface area contributed by atoms with E-state index in [0.717, 1.165) is 25.8 Å². The van der Waals surface area contributed by atoms with Crippen LogP contribution in [0.4, 0.5) is 0 Å². The van der Waals surface area contributed by atoms with Crippen LogP contribution in [0.2, 0.25) is 0 Å². The lowest BCUT2D eigenvalue weighted by Gasteiger charge is -2.23. The number of aryl methyl sites for hydroxylation is 2. The molecule has 1 aromatic rings. The Bertz CT molecular complexity index is 456. The molecule has 104 valence electrons. The molecule has 1 fully saturated rings. The van der Waals surface area contributed by atoms with E-state index < -0.39 is 0 Å². The zero-order valence-electron chi connectivity index (χ0n) is 12.1. The van der Waals surface area contributed by atoms with Gasteiger partial charge in [0.2, 0.25) is 5.91 Å². The molecule has 3 nitrogen and oxygen atoms in total. The molecule has 0 aromatic heterocycles. The highest BCUT2D eigenvalue weighted by atomic mass is 16.2. The topological polar surface area (TPSA) is 41.1 Å². The summed E-state index contributed by atoms with van der Waals surface area (Å²) in [7, 11) is 0. The van der Waals surface area contributed by atoms with Crippen LogP contribution in [0, 0.1) is 13.8 Å². The highest BCUT2D eigenvalue weighted by molar-refractivity contribution is 5.81. The molecule has 1 saturated heterocycles. The predicted octanol–water partition coefficient (Wildman–Crippen LogP) is 2.62. The highest BCUT2D eigenvalue weighted by Crippen LogP contribution is 2.20. The van der Waals surface area contributed by atoms with Gasteiger partial charge in [0.1, 0.15) is 0 Å². The van der Waals surface area contributed by atoms with Crippen molar-refractivity contribution >= 4 is 5.91 Å². The van der Waals surface area contributed by atoms with Gasteiger partial charge in [0.05, 0.1) is 6.04 Å². The van der Waals surface area contributed by atoms with Gasteiger partial charge in [0, 0.05) is 12.6 Å². The third-order valence-electron chi connectivity index (χ3n) is 3.89. The van der Waals surface area contributed by atoms with Crippen LogP contribution in [0.3, 0.4) is 0 Å². The Labute approximate surface area is 115 Å². The molecule has 1 amide bonds. The van der Waals surface area contributed by atoms with Crippen LogP contribution in [0.5, 0.6) is 0 Å². The Balaban J connectivity index is 2.09. The molecule has 1 aliphatic rings. The lowest BCUT2D eigenvalue weighted by atomic mass is 9.98. The Hall–Kier alpha value is -1.35. The molecule has 0 saturated carbocycles. The number of carbonyl (C=O) groups excluding carboxylic acids is 1. The molecule has 0 aliphatic carbocycles. The van der Waals surface area contributed by atoms with Crippen LogP contribution in [0.15, 0.2) is 18.2 Å². The Kier molecular flexibility index (Phi) is 4.59. The van der Waals surface area contributed by atoms with Gasteiger partial charge in [0.15, 0.2) is 0 Å². The summed E-state index contributed by atoms with van der Waals surface area (Å²) in [6.07, 6.45) is 3.12. The van der Waals surface area contributed by atoms with Crippen molar-refractivity contribution in [3.63, 3.8) is 0 Å². The molecule has 2 unspecified atom stereocenters. The number of rotatable bonds is 3. The van der Waals surface area contributed by atoms with Crippen molar-refractivity contribution in [1.82, 2.24) is 10.6 Å². The summed E-state index contributed by atoms with van der Waals surface area (Å²) < 4.78 is 0. The maximum atomic E-state index is 12.0. The Morgan fingerprint density at radius 1 is 1.32 bits per heavy atom. The molecule has 0 bridgehead atoms. The first-order valence-electron chi connectivity index (χ1n) is 7.19. The fraction of sp³-hybridized carbons (Fsp3) is 0.562. The van der Waals surface area contributed by atoms with Gasteiger partial charge in [0.25, 0.3) is 0 Å². The third kappa shape index (κ3) is 3.57. The molecule has 3 heteroatoms. The molecule has 1 heterocycles. The van der Waals surface area contributed by atoms with Crippen LogP contribution in [0.1, 0.15) is 48.9 Å². The van der Waals surface area contributed by atoms with Gasteiger partial charge in [-0.05, 0) is 51.2 Å². The Morgan fingerprint density at radius 2 is 2.11 bits per heavy atom. The zero-order chi connectivity index (χ0) is 13.8. The van der Waals surface area contributed by atoms with E-state index in [4.69, 9.17) is 0 Å². The number of amides is 1. The molecule has 0 spiro atoms. The molecule has 2 atom stereocenters. The SMILES string of the molecule is Cc1ccc(C)c(C(C)NC2CCCCNC2=O)c1. The normalized spacial score (nSPS) is 21.6. The summed E-state index contributed by atoms with van der Waals surface area (Å²) in [6.45, 7) is 7.18. The van der Waals surface area contributed by atoms with Gasteiger partial charge < -0.3 is 5.32 Å². The minimum Gasteiger partial charge on any atom is -0.355 e. The van der Waals surface area contributed by atoms with Crippen LogP contribution >= 0.6 is 0 Å². The van der Waals surface area contributed by atoms with Gasteiger partial charge in [-0.2, -0.15) is 0 Å². The molecule has 2 N–H and O–H groups in total. The number of carbonyl (C=O) groups is 1. The molecule has 1 aromatic carbocycles. The van der Waals surface area contributed by atoms with E-state index in [1.54, 1.807) is 0 Å². The molecular formula is C16H24N2O. The van der Waals surface area contributed by atoms with E-state index in [1.165, 1.54) is 16.7 Å². The third-order valence-corrected chi connectivity index (χ3v) is 3.89. The van der Waals surface area contributed by atoms with Crippen LogP contribution < -0.4 is 10.6 Å². The van der Waals surface area contributed by atoms with Crippen molar-refractivity contribution < 1.29 is 4.79 Å². The van der Waals surface area contributed by atoms with Crippen molar-refractivity contribution in [2.45, 2.75) is 52.1 Å². The molecule has 1 aliphatic heterocycles. The maximum absolute atomic E-state index is 12.0. The summed E-state index contributed by atoms with van der Waals surface area (Å²) in [5.41, 5.74) is 3.83. The minimum atomic E-state index is -0.0580. The predicted molar refractivity (Wildman–Crippen MR) is 78.1 cm³/mol. The van der Waals surface area contributed by atoms with Crippen LogP contribution in [0.25, 0.3) is 0 Å². The van der Waals surface area contributed by atoms with Gasteiger partial charge in [-0.3, -0.25) is 10.1 Å². The van der Waals surface area contributed by atoms with Gasteiger partial charge in [-0.25, -0.2) is 0 Å². The lowest BCUT2D eigenvalue weighted by molar-refractivity contribution is -0.123. The zero-order valence-corrected chi connectivity index (χ0v) is 12.1. The van der Waals surface area contributed by atoms with E-state index in [2.05, 4.69) is 49.6 Å². The molecule has 0 radical (unpaired) electrons. The van der Waals surface area contributed by atoms with E-state index in [1.807, 2.05) is 0 Å². The van der Waals surface area contributed by atoms with Gasteiger partial charge in [-0.15, -0.1) is 0 Å². The summed E-state index contributed by atoms with van der Waals surface area (Å²) in [5, 5.41) is 6.46. The average Bonchev–Trinajstić information content (AvgIpc) is 2.58. The Morgan fingerprint density at radius 3 is 2.89 bits per heavy atom. The molecule has 2 rings (SSSR count). The smallest absolute Gasteiger partial charge is 0.237 e. The second-order valence-corrected chi connectivity index (χ2v) is 5.59. The van der Waals surface area contributed by atoms with Gasteiger partial charge in [-0.1, -0.05) is 23.8 Å². The summed E-state index contributed by atoms with van der Waals surface area (Å²) in [4.78, 5) is 12.0. The van der Waals surface area contributed by atoms with E-state index in [-0.39, 0.29) is 18.0 Å². The van der Waals surface area contributed by atoms with Crippen molar-refractivity contribution in [2.75, 3.05) is 6.54 Å². The number of nitrogens with one attached hydrogen (secondary N) is 2. The standard InChI is InChI=1S/C16H24N2O/c1-11-7-8-12(2)14(10-11)13(3)18-15-6-4-5-9-17-16(15)19/h7-8,10,13,15,18H,4-6,9H2,1-3H3,(H,17,19). The summed E-state index contributed by atoms with van der Waals surface area (Å²) >= 11 is 0. The first kappa shape index (κ1) is 14.1. The number of benzene rings is 1. The summed E-state index contributed by atoms with van der Waals surface area (Å²) in [6, 6.07) is 6.63. The van der Waals surface area contributed by atoms with E-state index >= 15 is 0 Å². The average molecular weight is 260 g/mol. The summed E-state index contributed by atoms with van der Waals surface area (Å²) in [5.74, 6) is 0.148. The molecule has 19 heavy (non-hydrogen) atoms. The van der Waals surface area contributed by atoms with Crippen LogP contribution in [-0.4, -0.2) is 18.5 Å². The fourth-order valence-corrected chi connectivity index (χ4v) is 2.72. The number of hydrogen-bond donors (Lipinski definition) is 2. The second kappa shape index (κ2) is 6.20. The van der Waals surface area contributed by atoms with Gasteiger partial charge >= 0.3 is 0 Å². The quantitative estimate of drug-likeness (QED) is 0.877. The first-order chi connectivity index (χ1) is 9.08. The van der Waals surface area contributed by atoms with Crippen molar-refractivity contribution in [1.29, 1.82) is 0 Å². The van der Waals surface area contributed by atoms with Crippen molar-refractivity contribution in [3.05, 3.63) is 34.9 Å². The maximum Gasteiger partial charge on any atom is 0.237 e. The number of hydrogen-bond acceptors (Lipinski definition) is 2. The second-order valence-electron chi connectivity index (χ2n) is 5.59. The first-order valence-corrected chi connectivity index (χ1v) is 7.19. The largest absolute Gasteiger partial charge is 0.355 e. The molecular weight excluding hydrogens is 236 g/mol. The van der Waals surface area contributed by atoms with E-state index in [9.17, 15) is 4.79 Å². The minimum absolute atomic E-state index is 0.0580. The highest BCUT2D eigenvalue weighted by Gasteiger charge is 2.22. The van der Waals surface area contributed by atoms with E-state index in [0.29, 0.717) is 0 Å².